The molecule has 3 heteroatoms. The van der Waals surface area contributed by atoms with Crippen molar-refractivity contribution in [2.24, 2.45) is 0 Å². The molecule has 1 N–H and O–H groups in total. The first-order valence-corrected chi connectivity index (χ1v) is 8.60. The number of benzene rings is 1. The Kier molecular flexibility index (Phi) is 6.05. The summed E-state index contributed by atoms with van der Waals surface area (Å²) in [4.78, 5) is 2.48. The smallest absolute Gasteiger partial charge is 0.0366 e. The average molecular weight is 278 g/mol. The Morgan fingerprint density at radius 1 is 1.21 bits per heavy atom. The molecule has 1 atom stereocenters. The minimum Gasteiger partial charge on any atom is -0.372 e. The number of rotatable bonds is 7. The van der Waals surface area contributed by atoms with Gasteiger partial charge >= 0.3 is 0 Å². The highest BCUT2D eigenvalue weighted by molar-refractivity contribution is 7.99. The van der Waals surface area contributed by atoms with Crippen LogP contribution in [0.4, 0.5) is 5.69 Å². The van der Waals surface area contributed by atoms with E-state index >= 15 is 0 Å². The van der Waals surface area contributed by atoms with Crippen LogP contribution in [0.25, 0.3) is 0 Å². The number of hydrogen-bond acceptors (Lipinski definition) is 3. The second kappa shape index (κ2) is 7.81. The summed E-state index contributed by atoms with van der Waals surface area (Å²) in [7, 11) is 0. The van der Waals surface area contributed by atoms with Crippen LogP contribution in [0.5, 0.6) is 0 Å². The van der Waals surface area contributed by atoms with Crippen LogP contribution in [0.15, 0.2) is 24.3 Å². The maximum atomic E-state index is 3.59. The predicted molar refractivity (Wildman–Crippen MR) is 87.2 cm³/mol. The van der Waals surface area contributed by atoms with Crippen molar-refractivity contribution in [2.75, 3.05) is 29.5 Å². The van der Waals surface area contributed by atoms with Crippen LogP contribution < -0.4 is 10.2 Å². The number of nitrogens with one attached hydrogen (secondary N) is 1. The van der Waals surface area contributed by atoms with Gasteiger partial charge in [-0.3, -0.25) is 0 Å². The molecule has 1 aromatic carbocycles. The first-order chi connectivity index (χ1) is 9.29. The second-order valence-corrected chi connectivity index (χ2v) is 6.62. The van der Waals surface area contributed by atoms with E-state index in [9.17, 15) is 0 Å². The van der Waals surface area contributed by atoms with Crippen molar-refractivity contribution in [2.45, 2.75) is 39.3 Å². The monoisotopic (exact) mass is 278 g/mol. The Balaban J connectivity index is 1.78. The highest BCUT2D eigenvalue weighted by atomic mass is 32.2. The lowest BCUT2D eigenvalue weighted by atomic mass is 10.2. The molecule has 1 heterocycles. The van der Waals surface area contributed by atoms with Crippen molar-refractivity contribution in [3.63, 3.8) is 0 Å². The molecular weight excluding hydrogens is 252 g/mol. The van der Waals surface area contributed by atoms with Crippen molar-refractivity contribution in [1.82, 2.24) is 5.32 Å². The van der Waals surface area contributed by atoms with Crippen LogP contribution in [0.1, 0.15) is 32.3 Å². The molecule has 106 valence electrons. The van der Waals surface area contributed by atoms with E-state index in [-0.39, 0.29) is 0 Å². The van der Waals surface area contributed by atoms with Crippen molar-refractivity contribution in [3.8, 4) is 0 Å². The van der Waals surface area contributed by atoms with Crippen LogP contribution in [-0.4, -0.2) is 30.6 Å². The van der Waals surface area contributed by atoms with Gasteiger partial charge in [-0.25, -0.2) is 0 Å². The molecule has 1 unspecified atom stereocenters. The summed E-state index contributed by atoms with van der Waals surface area (Å²) >= 11 is 2.00. The molecule has 1 aliphatic rings. The van der Waals surface area contributed by atoms with E-state index < -0.39 is 0 Å². The van der Waals surface area contributed by atoms with Crippen LogP contribution in [-0.2, 0) is 6.54 Å². The number of hydrogen-bond donors (Lipinski definition) is 1. The summed E-state index contributed by atoms with van der Waals surface area (Å²) in [6, 6.07) is 9.66. The lowest BCUT2D eigenvalue weighted by Gasteiger charge is -2.18. The summed E-state index contributed by atoms with van der Waals surface area (Å²) in [6.07, 6.45) is 2.69. The second-order valence-electron chi connectivity index (χ2n) is 5.30. The lowest BCUT2D eigenvalue weighted by Crippen LogP contribution is -2.27. The molecule has 2 rings (SSSR count). The van der Waals surface area contributed by atoms with Gasteiger partial charge in [0.05, 0.1) is 0 Å². The topological polar surface area (TPSA) is 15.3 Å². The van der Waals surface area contributed by atoms with Crippen molar-refractivity contribution < 1.29 is 0 Å². The fraction of sp³-hybridized carbons (Fsp3) is 0.625. The zero-order valence-electron chi connectivity index (χ0n) is 12.2. The first-order valence-electron chi connectivity index (χ1n) is 7.44. The highest BCUT2D eigenvalue weighted by Crippen LogP contribution is 2.20. The Bertz CT molecular complexity index is 358. The van der Waals surface area contributed by atoms with Gasteiger partial charge in [0, 0.05) is 37.1 Å². The van der Waals surface area contributed by atoms with E-state index in [0.29, 0.717) is 6.04 Å². The molecule has 1 aliphatic heterocycles. The predicted octanol–water partition coefficient (Wildman–Crippen LogP) is 3.52. The number of nitrogens with zero attached hydrogens (tertiary/aromatic N) is 1. The van der Waals surface area contributed by atoms with E-state index in [0.717, 1.165) is 6.54 Å². The van der Waals surface area contributed by atoms with Gasteiger partial charge < -0.3 is 10.2 Å². The summed E-state index contributed by atoms with van der Waals surface area (Å²) in [6.45, 7) is 7.91. The zero-order valence-corrected chi connectivity index (χ0v) is 13.0. The zero-order chi connectivity index (χ0) is 13.5. The van der Waals surface area contributed by atoms with Crippen LogP contribution in [0.3, 0.4) is 0 Å². The minimum atomic E-state index is 0.586. The van der Waals surface area contributed by atoms with Gasteiger partial charge in [0.1, 0.15) is 0 Å². The molecule has 0 aliphatic carbocycles. The fourth-order valence-corrected chi connectivity index (χ4v) is 3.15. The molecule has 0 aromatic heterocycles. The Morgan fingerprint density at radius 2 is 1.89 bits per heavy atom. The summed E-state index contributed by atoms with van der Waals surface area (Å²) in [5.74, 6) is 2.40. The molecule has 0 spiro atoms. The molecule has 0 radical (unpaired) electrons. The molecule has 1 saturated heterocycles. The van der Waals surface area contributed by atoms with E-state index in [1.807, 2.05) is 11.8 Å². The molecule has 1 fully saturated rings. The molecule has 0 saturated carbocycles. The van der Waals surface area contributed by atoms with Crippen LogP contribution >= 0.6 is 11.8 Å². The van der Waals surface area contributed by atoms with Crippen LogP contribution in [0.2, 0.25) is 0 Å². The van der Waals surface area contributed by atoms with E-state index in [1.165, 1.54) is 48.7 Å². The normalized spacial score (nSPS) is 16.8. The Morgan fingerprint density at radius 3 is 2.53 bits per heavy atom. The third-order valence-corrected chi connectivity index (χ3v) is 4.78. The van der Waals surface area contributed by atoms with E-state index in [1.54, 1.807) is 0 Å². The maximum Gasteiger partial charge on any atom is 0.0366 e. The highest BCUT2D eigenvalue weighted by Gasteiger charge is 2.11. The van der Waals surface area contributed by atoms with Gasteiger partial charge in [-0.1, -0.05) is 19.1 Å². The molecule has 0 bridgehead atoms. The van der Waals surface area contributed by atoms with Gasteiger partial charge in [0.2, 0.25) is 0 Å². The average Bonchev–Trinajstić information content (AvgIpc) is 2.97. The van der Waals surface area contributed by atoms with Gasteiger partial charge in [0.25, 0.3) is 0 Å². The van der Waals surface area contributed by atoms with Crippen molar-refractivity contribution >= 4 is 17.4 Å². The van der Waals surface area contributed by atoms with Gasteiger partial charge in [0.15, 0.2) is 0 Å². The van der Waals surface area contributed by atoms with Crippen molar-refractivity contribution in [1.29, 1.82) is 0 Å². The van der Waals surface area contributed by atoms with Gasteiger partial charge in [-0.2, -0.15) is 11.8 Å². The lowest BCUT2D eigenvalue weighted by molar-refractivity contribution is 0.596. The molecule has 2 nitrogen and oxygen atoms in total. The largest absolute Gasteiger partial charge is 0.372 e. The fourth-order valence-electron chi connectivity index (χ4n) is 2.45. The maximum absolute atomic E-state index is 3.59. The van der Waals surface area contributed by atoms with E-state index in [2.05, 4.69) is 48.3 Å². The Hall–Kier alpha value is -0.670. The van der Waals surface area contributed by atoms with Crippen molar-refractivity contribution in [3.05, 3.63) is 29.8 Å². The van der Waals surface area contributed by atoms with Gasteiger partial charge in [-0.05, 0) is 43.2 Å². The summed E-state index contributed by atoms with van der Waals surface area (Å²) in [5, 5.41) is 3.59. The van der Waals surface area contributed by atoms with E-state index in [4.69, 9.17) is 0 Å². The third kappa shape index (κ3) is 4.73. The molecule has 1 aromatic rings. The minimum absolute atomic E-state index is 0.586. The quantitative estimate of drug-likeness (QED) is 0.821. The number of anilines is 1. The SMILES string of the molecule is CCSCC(C)NCc1ccc(N2CCCC2)cc1. The Labute approximate surface area is 122 Å². The van der Waals surface area contributed by atoms with Gasteiger partial charge in [-0.15, -0.1) is 0 Å². The number of thioether (sulfide) groups is 1. The first kappa shape index (κ1) is 14.7. The van der Waals surface area contributed by atoms with Crippen LogP contribution in [0, 0.1) is 0 Å². The molecule has 0 amide bonds. The summed E-state index contributed by atoms with van der Waals surface area (Å²) < 4.78 is 0. The molecule has 19 heavy (non-hydrogen) atoms. The summed E-state index contributed by atoms with van der Waals surface area (Å²) in [5.41, 5.74) is 2.77. The third-order valence-electron chi connectivity index (χ3n) is 3.63. The molecular formula is C16H26N2S. The standard InChI is InChI=1S/C16H26N2S/c1-3-19-13-14(2)17-12-15-6-8-16(9-7-15)18-10-4-5-11-18/h6-9,14,17H,3-5,10-13H2,1-2H3.